The van der Waals surface area contributed by atoms with Crippen molar-refractivity contribution in [3.8, 4) is 0 Å². The summed E-state index contributed by atoms with van der Waals surface area (Å²) in [5.74, 6) is -0.382. The Balaban J connectivity index is 2.02. The summed E-state index contributed by atoms with van der Waals surface area (Å²) in [5.41, 5.74) is 3.99. The first kappa shape index (κ1) is 24.2. The smallest absolute Gasteiger partial charge is 0.258 e. The zero-order valence-electron chi connectivity index (χ0n) is 19.8. The van der Waals surface area contributed by atoms with Crippen molar-refractivity contribution in [2.75, 3.05) is 25.1 Å². The maximum absolute atomic E-state index is 13.4. The standard InChI is InChI=1S/C26H31N3O4/c1-6-29-23-10-8-18(13-22(23)20(16(2)3)15-24(29)31)26(33)28(5)19-9-7-17(4)21(14-19)25(32)27-11-12-30/h7-10,13-16,30H,6,11-12H2,1-5H3,(H,27,32). The highest BCUT2D eigenvalue weighted by Gasteiger charge is 2.19. The average molecular weight is 450 g/mol. The number of anilines is 1. The second kappa shape index (κ2) is 10.0. The maximum atomic E-state index is 13.4. The number of hydrogen-bond acceptors (Lipinski definition) is 4. The SMILES string of the molecule is CCn1c(=O)cc(C(C)C)c2cc(C(=O)N(C)c3ccc(C)c(C(=O)NCCO)c3)ccc21. The van der Waals surface area contributed by atoms with E-state index in [0.717, 1.165) is 22.0 Å². The highest BCUT2D eigenvalue weighted by molar-refractivity contribution is 6.08. The molecule has 0 fully saturated rings. The molecule has 2 aromatic carbocycles. The van der Waals surface area contributed by atoms with Crippen molar-refractivity contribution >= 4 is 28.4 Å². The van der Waals surface area contributed by atoms with Gasteiger partial charge in [-0.1, -0.05) is 19.9 Å². The van der Waals surface area contributed by atoms with Crippen LogP contribution in [0.4, 0.5) is 5.69 Å². The summed E-state index contributed by atoms with van der Waals surface area (Å²) >= 11 is 0. The van der Waals surface area contributed by atoms with Crippen LogP contribution in [0.15, 0.2) is 47.3 Å². The molecule has 7 heteroatoms. The molecule has 0 aliphatic heterocycles. The largest absolute Gasteiger partial charge is 0.395 e. The van der Waals surface area contributed by atoms with Crippen molar-refractivity contribution in [2.24, 2.45) is 0 Å². The number of nitrogens with one attached hydrogen (secondary N) is 1. The number of hydrogen-bond donors (Lipinski definition) is 2. The minimum Gasteiger partial charge on any atom is -0.395 e. The molecule has 0 saturated heterocycles. The van der Waals surface area contributed by atoms with Gasteiger partial charge in [0.25, 0.3) is 17.4 Å². The molecular weight excluding hydrogens is 418 g/mol. The van der Waals surface area contributed by atoms with Gasteiger partial charge in [0.05, 0.1) is 12.1 Å². The number of aromatic nitrogens is 1. The van der Waals surface area contributed by atoms with E-state index in [2.05, 4.69) is 5.32 Å². The van der Waals surface area contributed by atoms with E-state index in [-0.39, 0.29) is 36.4 Å². The molecule has 1 aromatic heterocycles. The molecule has 2 N–H and O–H groups in total. The van der Waals surface area contributed by atoms with Crippen molar-refractivity contribution in [3.63, 3.8) is 0 Å². The highest BCUT2D eigenvalue weighted by Crippen LogP contribution is 2.27. The molecule has 3 aromatic rings. The van der Waals surface area contributed by atoms with Crippen molar-refractivity contribution in [1.82, 2.24) is 9.88 Å². The minimum absolute atomic E-state index is 0.0449. The zero-order chi connectivity index (χ0) is 24.3. The van der Waals surface area contributed by atoms with Crippen LogP contribution in [0, 0.1) is 6.92 Å². The topological polar surface area (TPSA) is 91.6 Å². The predicted molar refractivity (Wildman–Crippen MR) is 131 cm³/mol. The number of carbonyl (C=O) groups is 2. The van der Waals surface area contributed by atoms with Crippen LogP contribution in [0.1, 0.15) is 58.5 Å². The normalized spacial score (nSPS) is 11.1. The number of benzene rings is 2. The third-order valence-corrected chi connectivity index (χ3v) is 5.88. The summed E-state index contributed by atoms with van der Waals surface area (Å²) in [6.07, 6.45) is 0. The molecule has 0 bridgehead atoms. The van der Waals surface area contributed by atoms with Crippen LogP contribution in [-0.4, -0.2) is 41.7 Å². The molecule has 0 aliphatic rings. The summed E-state index contributed by atoms with van der Waals surface area (Å²) in [4.78, 5) is 39.8. The molecule has 1 heterocycles. The van der Waals surface area contributed by atoms with E-state index in [4.69, 9.17) is 5.11 Å². The number of pyridine rings is 1. The Morgan fingerprint density at radius 1 is 1.12 bits per heavy atom. The molecule has 174 valence electrons. The average Bonchev–Trinajstić information content (AvgIpc) is 2.81. The number of amides is 2. The van der Waals surface area contributed by atoms with E-state index < -0.39 is 0 Å². The van der Waals surface area contributed by atoms with Gasteiger partial charge in [0.2, 0.25) is 0 Å². The van der Waals surface area contributed by atoms with Crippen LogP contribution in [0.2, 0.25) is 0 Å². The molecule has 0 unspecified atom stereocenters. The number of aliphatic hydroxyl groups excluding tert-OH is 1. The van der Waals surface area contributed by atoms with E-state index in [1.165, 1.54) is 4.90 Å². The Morgan fingerprint density at radius 3 is 2.48 bits per heavy atom. The second-order valence-electron chi connectivity index (χ2n) is 8.41. The van der Waals surface area contributed by atoms with E-state index in [0.29, 0.717) is 23.4 Å². The molecule has 2 amide bonds. The van der Waals surface area contributed by atoms with E-state index in [1.54, 1.807) is 41.9 Å². The number of fused-ring (bicyclic) bond motifs is 1. The first-order valence-electron chi connectivity index (χ1n) is 11.1. The van der Waals surface area contributed by atoms with Crippen molar-refractivity contribution in [3.05, 3.63) is 75.1 Å². The third kappa shape index (κ3) is 4.83. The maximum Gasteiger partial charge on any atom is 0.258 e. The van der Waals surface area contributed by atoms with Crippen molar-refractivity contribution in [2.45, 2.75) is 40.2 Å². The molecule has 0 aliphatic carbocycles. The van der Waals surface area contributed by atoms with E-state index in [9.17, 15) is 14.4 Å². The van der Waals surface area contributed by atoms with Gasteiger partial charge in [-0.2, -0.15) is 0 Å². The lowest BCUT2D eigenvalue weighted by Gasteiger charge is -2.20. The van der Waals surface area contributed by atoms with E-state index in [1.807, 2.05) is 39.8 Å². The summed E-state index contributed by atoms with van der Waals surface area (Å²) in [5, 5.41) is 12.5. The van der Waals surface area contributed by atoms with Gasteiger partial charge in [-0.15, -0.1) is 0 Å². The van der Waals surface area contributed by atoms with Gasteiger partial charge in [-0.3, -0.25) is 14.4 Å². The summed E-state index contributed by atoms with van der Waals surface area (Å²) < 4.78 is 1.70. The number of aryl methyl sites for hydroxylation is 2. The molecule has 0 spiro atoms. The fourth-order valence-electron chi connectivity index (χ4n) is 3.99. The van der Waals surface area contributed by atoms with Crippen LogP contribution in [-0.2, 0) is 6.54 Å². The van der Waals surface area contributed by atoms with Gasteiger partial charge in [-0.05, 0) is 61.2 Å². The van der Waals surface area contributed by atoms with Crippen molar-refractivity contribution < 1.29 is 14.7 Å². The lowest BCUT2D eigenvalue weighted by Crippen LogP contribution is -2.29. The van der Waals surface area contributed by atoms with Gasteiger partial charge < -0.3 is 19.9 Å². The van der Waals surface area contributed by atoms with Gasteiger partial charge in [0.1, 0.15) is 0 Å². The van der Waals surface area contributed by atoms with Crippen LogP contribution >= 0.6 is 0 Å². The first-order chi connectivity index (χ1) is 15.7. The minimum atomic E-state index is -0.297. The van der Waals surface area contributed by atoms with Crippen LogP contribution in [0.25, 0.3) is 10.9 Å². The summed E-state index contributed by atoms with van der Waals surface area (Å²) in [7, 11) is 1.67. The quantitative estimate of drug-likeness (QED) is 0.578. The molecular formula is C26H31N3O4. The summed E-state index contributed by atoms with van der Waals surface area (Å²) in [6.45, 7) is 8.37. The number of aliphatic hydroxyl groups is 1. The molecule has 0 atom stereocenters. The molecule has 33 heavy (non-hydrogen) atoms. The Morgan fingerprint density at radius 2 is 1.85 bits per heavy atom. The highest BCUT2D eigenvalue weighted by atomic mass is 16.3. The Kier molecular flexibility index (Phi) is 7.33. The van der Waals surface area contributed by atoms with Gasteiger partial charge in [0.15, 0.2) is 0 Å². The van der Waals surface area contributed by atoms with E-state index >= 15 is 0 Å². The number of nitrogens with zero attached hydrogens (tertiary/aromatic N) is 2. The molecule has 0 saturated carbocycles. The lowest BCUT2D eigenvalue weighted by atomic mass is 9.97. The zero-order valence-corrected chi connectivity index (χ0v) is 19.8. The van der Waals surface area contributed by atoms with Crippen LogP contribution < -0.4 is 15.8 Å². The first-order valence-corrected chi connectivity index (χ1v) is 11.1. The van der Waals surface area contributed by atoms with Crippen LogP contribution in [0.5, 0.6) is 0 Å². The summed E-state index contributed by atoms with van der Waals surface area (Å²) in [6, 6.07) is 12.3. The lowest BCUT2D eigenvalue weighted by molar-refractivity contribution is 0.0942. The molecule has 7 nitrogen and oxygen atoms in total. The number of carbonyl (C=O) groups excluding carboxylic acids is 2. The fraction of sp³-hybridized carbons (Fsp3) is 0.346. The van der Waals surface area contributed by atoms with Gasteiger partial charge in [-0.25, -0.2) is 0 Å². The molecule has 0 radical (unpaired) electrons. The fourth-order valence-corrected chi connectivity index (χ4v) is 3.99. The predicted octanol–water partition coefficient (Wildman–Crippen LogP) is 3.45. The molecule has 3 rings (SSSR count). The van der Waals surface area contributed by atoms with Crippen molar-refractivity contribution in [1.29, 1.82) is 0 Å². The Bertz CT molecular complexity index is 1260. The van der Waals surface area contributed by atoms with Crippen LogP contribution in [0.3, 0.4) is 0 Å². The number of rotatable bonds is 7. The monoisotopic (exact) mass is 449 g/mol. The van der Waals surface area contributed by atoms with Gasteiger partial charge in [0, 0.05) is 48.4 Å². The second-order valence-corrected chi connectivity index (χ2v) is 8.41. The van der Waals surface area contributed by atoms with Gasteiger partial charge >= 0.3 is 0 Å². The Labute approximate surface area is 193 Å². The Hall–Kier alpha value is -3.45. The third-order valence-electron chi connectivity index (χ3n) is 5.88.